The van der Waals surface area contributed by atoms with Gasteiger partial charge in [0.25, 0.3) is 5.91 Å². The number of aliphatic carboxylic acids is 2. The zero-order chi connectivity index (χ0) is 27.0. The number of esters is 1. The molecule has 2 rings (SSSR count). The topological polar surface area (TPSA) is 206 Å². The van der Waals surface area contributed by atoms with Gasteiger partial charge in [-0.25, -0.2) is 14.4 Å². The molecule has 0 aromatic heterocycles. The van der Waals surface area contributed by atoms with Crippen LogP contribution in [0.25, 0.3) is 0 Å². The molecule has 0 aliphatic carbocycles. The summed E-state index contributed by atoms with van der Waals surface area (Å²) in [5.74, 6) is -4.98. The minimum atomic E-state index is -1.40. The quantitative estimate of drug-likeness (QED) is 0.137. The van der Waals surface area contributed by atoms with E-state index in [0.717, 1.165) is 4.90 Å². The number of hydrogen-bond acceptors (Lipinski definition) is 10. The number of rotatable bonds is 13. The Morgan fingerprint density at radius 1 is 1.17 bits per heavy atom. The van der Waals surface area contributed by atoms with Crippen molar-refractivity contribution in [2.75, 3.05) is 19.0 Å². The van der Waals surface area contributed by atoms with Gasteiger partial charge in [0, 0.05) is 17.7 Å². The van der Waals surface area contributed by atoms with Crippen LogP contribution in [0.15, 0.2) is 11.3 Å². The molecule has 198 valence electrons. The minimum absolute atomic E-state index is 0.0535. The maximum absolute atomic E-state index is 12.6. The molecule has 14 nitrogen and oxygen atoms in total. The summed E-state index contributed by atoms with van der Waals surface area (Å²) in [6, 6.07) is -2.23. The van der Waals surface area contributed by atoms with Crippen LogP contribution in [0.3, 0.4) is 0 Å². The summed E-state index contributed by atoms with van der Waals surface area (Å²) in [6.45, 7) is 2.45. The number of nitrogens with zero attached hydrogens (tertiary/aromatic N) is 1. The first-order valence-electron chi connectivity index (χ1n) is 11.0. The van der Waals surface area contributed by atoms with Crippen LogP contribution in [0, 0.1) is 0 Å². The van der Waals surface area contributed by atoms with E-state index in [4.69, 9.17) is 4.74 Å². The summed E-state index contributed by atoms with van der Waals surface area (Å²) in [7, 11) is 0. The van der Waals surface area contributed by atoms with E-state index in [1.807, 2.05) is 0 Å². The number of fused-ring (bicyclic) bond motifs is 1. The highest BCUT2D eigenvalue weighted by Gasteiger charge is 2.54. The van der Waals surface area contributed by atoms with E-state index in [1.54, 1.807) is 6.92 Å². The number of carbonyl (C=O) groups is 7. The van der Waals surface area contributed by atoms with E-state index in [0.29, 0.717) is 0 Å². The molecule has 2 aliphatic rings. The normalized spacial score (nSPS) is 19.4. The fraction of sp³-hybridized carbons (Fsp3) is 0.571. The Morgan fingerprint density at radius 3 is 2.44 bits per heavy atom. The van der Waals surface area contributed by atoms with Crippen molar-refractivity contribution in [1.82, 2.24) is 15.5 Å². The molecule has 36 heavy (non-hydrogen) atoms. The van der Waals surface area contributed by atoms with Crippen LogP contribution in [0.2, 0.25) is 0 Å². The lowest BCUT2D eigenvalue weighted by molar-refractivity contribution is -0.151. The molecule has 0 spiro atoms. The van der Waals surface area contributed by atoms with Gasteiger partial charge in [-0.2, -0.15) is 0 Å². The predicted molar refractivity (Wildman–Crippen MR) is 121 cm³/mol. The molecule has 0 aromatic rings. The Bertz CT molecular complexity index is 980. The standard InChI is InChI=1S/C21H27N3O11S/c1-3-34-21(33)22-12(19(29)30)5-4-6-13(26)23-15-17(28)24-16(20(31)32)11(9-36-18(15)24)8-35-14(27)7-10(2)25/h12,15,18H,3-9H2,1-2H3,(H,22,33)(H,23,26)(H,29,30)(H,31,32)/t12?,15?,18-/m0/s1. The van der Waals surface area contributed by atoms with Crippen molar-refractivity contribution in [3.05, 3.63) is 11.3 Å². The van der Waals surface area contributed by atoms with Gasteiger partial charge in [-0.1, -0.05) is 0 Å². The van der Waals surface area contributed by atoms with Crippen LogP contribution in [0.1, 0.15) is 39.5 Å². The van der Waals surface area contributed by atoms with Crippen LogP contribution in [0.5, 0.6) is 0 Å². The first kappa shape index (κ1) is 28.6. The lowest BCUT2D eigenvalue weighted by atomic mass is 10.0. The number of Topliss-reactive ketones (excluding diaryl/α,β-unsaturated/α-hetero) is 1. The number of carboxylic acid groups (broad SMARTS) is 2. The van der Waals surface area contributed by atoms with Crippen molar-refractivity contribution >= 4 is 53.4 Å². The van der Waals surface area contributed by atoms with Crippen molar-refractivity contribution in [3.63, 3.8) is 0 Å². The summed E-state index contributed by atoms with van der Waals surface area (Å²) in [4.78, 5) is 83.1. The van der Waals surface area contributed by atoms with Crippen molar-refractivity contribution in [2.24, 2.45) is 0 Å². The number of ketones is 1. The molecule has 0 radical (unpaired) electrons. The Hall–Kier alpha value is -3.62. The van der Waals surface area contributed by atoms with E-state index >= 15 is 0 Å². The Labute approximate surface area is 209 Å². The molecule has 3 atom stereocenters. The number of thioether (sulfide) groups is 1. The van der Waals surface area contributed by atoms with Gasteiger partial charge in [0.15, 0.2) is 0 Å². The molecule has 2 aliphatic heterocycles. The molecule has 1 fully saturated rings. The van der Waals surface area contributed by atoms with Crippen LogP contribution in [-0.4, -0.2) is 93.1 Å². The smallest absolute Gasteiger partial charge is 0.407 e. The fourth-order valence-corrected chi connectivity index (χ4v) is 4.83. The number of amides is 3. The van der Waals surface area contributed by atoms with Crippen molar-refractivity contribution in [1.29, 1.82) is 0 Å². The monoisotopic (exact) mass is 529 g/mol. The predicted octanol–water partition coefficient (Wildman–Crippen LogP) is -0.383. The molecule has 0 bridgehead atoms. The van der Waals surface area contributed by atoms with Gasteiger partial charge in [-0.15, -0.1) is 11.8 Å². The highest BCUT2D eigenvalue weighted by Crippen LogP contribution is 2.40. The van der Waals surface area contributed by atoms with Gasteiger partial charge in [0.1, 0.15) is 42.0 Å². The molecule has 2 heterocycles. The highest BCUT2D eigenvalue weighted by atomic mass is 32.2. The zero-order valence-electron chi connectivity index (χ0n) is 19.6. The lowest BCUT2D eigenvalue weighted by Gasteiger charge is -2.49. The number of carbonyl (C=O) groups excluding carboxylic acids is 5. The molecule has 1 saturated heterocycles. The lowest BCUT2D eigenvalue weighted by Crippen LogP contribution is -2.70. The molecule has 2 unspecified atom stereocenters. The van der Waals surface area contributed by atoms with E-state index in [1.165, 1.54) is 18.7 Å². The summed E-state index contributed by atoms with van der Waals surface area (Å²) < 4.78 is 9.59. The third-order valence-electron chi connectivity index (χ3n) is 5.13. The molecular formula is C21H27N3O11S. The van der Waals surface area contributed by atoms with Crippen molar-refractivity contribution in [3.8, 4) is 0 Å². The van der Waals surface area contributed by atoms with E-state index in [9.17, 15) is 43.8 Å². The average Bonchev–Trinajstić information content (AvgIpc) is 2.79. The van der Waals surface area contributed by atoms with Crippen LogP contribution < -0.4 is 10.6 Å². The van der Waals surface area contributed by atoms with Gasteiger partial charge >= 0.3 is 24.0 Å². The molecule has 4 N–H and O–H groups in total. The van der Waals surface area contributed by atoms with Gasteiger partial charge in [0.2, 0.25) is 5.91 Å². The summed E-state index contributed by atoms with van der Waals surface area (Å²) in [5, 5.41) is 22.8. The second kappa shape index (κ2) is 12.9. The van der Waals surface area contributed by atoms with Crippen LogP contribution >= 0.6 is 11.8 Å². The summed E-state index contributed by atoms with van der Waals surface area (Å²) in [6.07, 6.45) is -1.43. The highest BCUT2D eigenvalue weighted by molar-refractivity contribution is 8.00. The Kier molecular flexibility index (Phi) is 10.3. The molecule has 15 heteroatoms. The second-order valence-electron chi connectivity index (χ2n) is 7.90. The molecule has 0 aromatic carbocycles. The first-order valence-corrected chi connectivity index (χ1v) is 12.0. The number of β-lactam (4-membered cyclic amide) rings is 1. The van der Waals surface area contributed by atoms with Gasteiger partial charge in [0.05, 0.1) is 6.61 Å². The number of alkyl carbamates (subject to hydrolysis) is 1. The van der Waals surface area contributed by atoms with Crippen LogP contribution in [0.4, 0.5) is 4.79 Å². The second-order valence-corrected chi connectivity index (χ2v) is 9.00. The van der Waals surface area contributed by atoms with E-state index < -0.39 is 72.1 Å². The minimum Gasteiger partial charge on any atom is -0.480 e. The Balaban J connectivity index is 1.91. The average molecular weight is 530 g/mol. The van der Waals surface area contributed by atoms with Crippen LogP contribution in [-0.2, 0) is 38.2 Å². The largest absolute Gasteiger partial charge is 0.480 e. The summed E-state index contributed by atoms with van der Waals surface area (Å²) >= 11 is 1.18. The molecular weight excluding hydrogens is 502 g/mol. The Morgan fingerprint density at radius 2 is 1.86 bits per heavy atom. The van der Waals surface area contributed by atoms with Gasteiger partial charge in [-0.3, -0.25) is 24.1 Å². The number of nitrogens with one attached hydrogen (secondary N) is 2. The fourth-order valence-electron chi connectivity index (χ4n) is 3.50. The maximum Gasteiger partial charge on any atom is 0.407 e. The van der Waals surface area contributed by atoms with Crippen molar-refractivity contribution in [2.45, 2.75) is 57.0 Å². The number of carboxylic acids is 2. The molecule has 0 saturated carbocycles. The van der Waals surface area contributed by atoms with Gasteiger partial charge in [-0.05, 0) is 26.7 Å². The van der Waals surface area contributed by atoms with E-state index in [-0.39, 0.29) is 42.9 Å². The summed E-state index contributed by atoms with van der Waals surface area (Å²) in [5.41, 5.74) is -0.146. The van der Waals surface area contributed by atoms with Crippen molar-refractivity contribution < 1.29 is 53.2 Å². The SMILES string of the molecule is CCOC(=O)NC(CCCC(=O)NC1C(=O)N2C(C(=O)O)=C(COC(=O)CC(C)=O)CS[C@@H]12)C(=O)O. The van der Waals surface area contributed by atoms with Gasteiger partial charge < -0.3 is 30.3 Å². The molecule has 3 amide bonds. The third-order valence-corrected chi connectivity index (χ3v) is 6.47. The zero-order valence-corrected chi connectivity index (χ0v) is 20.4. The third kappa shape index (κ3) is 7.44. The number of ether oxygens (including phenoxy) is 2. The first-order chi connectivity index (χ1) is 17.0. The maximum atomic E-state index is 12.6. The number of hydrogen-bond donors (Lipinski definition) is 4. The van der Waals surface area contributed by atoms with E-state index in [2.05, 4.69) is 15.4 Å².